The number of nitrogens with one attached hydrogen (secondary N) is 1. The first-order valence-corrected chi connectivity index (χ1v) is 6.60. The molecule has 3 atom stereocenters. The SMILES string of the molecule is CCC1c2c([nH]c(=O)c(O)cc2=O)CC(Cl)C1Cl. The third kappa shape index (κ3) is 2.15. The summed E-state index contributed by atoms with van der Waals surface area (Å²) >= 11 is 12.4. The van der Waals surface area contributed by atoms with E-state index in [1.807, 2.05) is 6.92 Å². The minimum Gasteiger partial charge on any atom is -0.503 e. The summed E-state index contributed by atoms with van der Waals surface area (Å²) in [5.41, 5.74) is -0.108. The molecule has 0 aliphatic heterocycles. The number of aromatic amines is 1. The molecule has 0 bridgehead atoms. The van der Waals surface area contributed by atoms with Crippen molar-refractivity contribution in [3.63, 3.8) is 0 Å². The van der Waals surface area contributed by atoms with Crippen molar-refractivity contribution in [1.82, 2.24) is 4.98 Å². The van der Waals surface area contributed by atoms with Gasteiger partial charge in [-0.05, 0) is 6.42 Å². The highest BCUT2D eigenvalue weighted by atomic mass is 35.5. The highest BCUT2D eigenvalue weighted by Gasteiger charge is 2.35. The monoisotopic (exact) mass is 289 g/mol. The van der Waals surface area contributed by atoms with Crippen LogP contribution in [0, 0.1) is 0 Å². The van der Waals surface area contributed by atoms with Gasteiger partial charge in [0.25, 0.3) is 5.56 Å². The fourth-order valence-corrected chi connectivity index (χ4v) is 3.12. The Labute approximate surface area is 114 Å². The molecule has 0 fully saturated rings. The van der Waals surface area contributed by atoms with Gasteiger partial charge in [0.15, 0.2) is 11.2 Å². The topological polar surface area (TPSA) is 70.2 Å². The molecule has 18 heavy (non-hydrogen) atoms. The molecule has 0 saturated heterocycles. The molecule has 0 saturated carbocycles. The maximum atomic E-state index is 12.0. The summed E-state index contributed by atoms with van der Waals surface area (Å²) in [5.74, 6) is -0.797. The molecule has 3 unspecified atom stereocenters. The lowest BCUT2D eigenvalue weighted by molar-refractivity contribution is 0.467. The Bertz CT molecular complexity index is 584. The minimum atomic E-state index is -0.680. The van der Waals surface area contributed by atoms with Gasteiger partial charge < -0.3 is 10.1 Å². The van der Waals surface area contributed by atoms with Gasteiger partial charge in [-0.1, -0.05) is 6.92 Å². The number of aromatic nitrogens is 1. The molecule has 0 amide bonds. The number of hydrogen-bond donors (Lipinski definition) is 2. The average molecular weight is 290 g/mol. The second-order valence-electron chi connectivity index (χ2n) is 4.42. The van der Waals surface area contributed by atoms with Gasteiger partial charge in [-0.25, -0.2) is 0 Å². The molecule has 98 valence electrons. The lowest BCUT2D eigenvalue weighted by Crippen LogP contribution is -2.34. The van der Waals surface area contributed by atoms with Crippen molar-refractivity contribution in [3.05, 3.63) is 37.9 Å². The van der Waals surface area contributed by atoms with Crippen LogP contribution in [0.3, 0.4) is 0 Å². The van der Waals surface area contributed by atoms with Crippen molar-refractivity contribution in [2.45, 2.75) is 36.4 Å². The number of rotatable bonds is 1. The van der Waals surface area contributed by atoms with Crippen LogP contribution in [0.2, 0.25) is 0 Å². The van der Waals surface area contributed by atoms with E-state index in [0.717, 1.165) is 6.07 Å². The maximum absolute atomic E-state index is 12.0. The molecule has 1 aliphatic rings. The molecule has 1 aromatic rings. The van der Waals surface area contributed by atoms with E-state index in [1.54, 1.807) is 0 Å². The van der Waals surface area contributed by atoms with E-state index in [1.165, 1.54) is 0 Å². The molecule has 1 heterocycles. The van der Waals surface area contributed by atoms with Crippen LogP contribution in [0.25, 0.3) is 0 Å². The summed E-state index contributed by atoms with van der Waals surface area (Å²) in [6.45, 7) is 1.91. The van der Waals surface area contributed by atoms with Crippen molar-refractivity contribution in [1.29, 1.82) is 0 Å². The smallest absolute Gasteiger partial charge is 0.290 e. The van der Waals surface area contributed by atoms with Crippen LogP contribution in [0.4, 0.5) is 0 Å². The molecule has 1 aliphatic carbocycles. The lowest BCUT2D eigenvalue weighted by atomic mass is 9.83. The normalized spacial score (nSPS) is 26.7. The van der Waals surface area contributed by atoms with Gasteiger partial charge in [0.1, 0.15) is 0 Å². The van der Waals surface area contributed by atoms with Crippen molar-refractivity contribution >= 4 is 23.2 Å². The quantitative estimate of drug-likeness (QED) is 0.773. The Kier molecular flexibility index (Phi) is 3.69. The second kappa shape index (κ2) is 4.94. The number of halogens is 2. The van der Waals surface area contributed by atoms with Crippen molar-refractivity contribution in [3.8, 4) is 5.75 Å². The van der Waals surface area contributed by atoms with Gasteiger partial charge in [0, 0.05) is 29.7 Å². The van der Waals surface area contributed by atoms with E-state index >= 15 is 0 Å². The summed E-state index contributed by atoms with van der Waals surface area (Å²) in [5, 5.41) is 8.70. The highest BCUT2D eigenvalue weighted by Crippen LogP contribution is 2.36. The first-order valence-electron chi connectivity index (χ1n) is 5.73. The van der Waals surface area contributed by atoms with Gasteiger partial charge in [0.05, 0.1) is 10.8 Å². The van der Waals surface area contributed by atoms with Crippen LogP contribution in [-0.4, -0.2) is 20.8 Å². The molecule has 0 aromatic carbocycles. The number of alkyl halides is 2. The van der Waals surface area contributed by atoms with E-state index in [2.05, 4.69) is 4.98 Å². The Morgan fingerprint density at radius 3 is 2.72 bits per heavy atom. The predicted molar refractivity (Wildman–Crippen MR) is 71.0 cm³/mol. The first kappa shape index (κ1) is 13.4. The van der Waals surface area contributed by atoms with E-state index < -0.39 is 11.3 Å². The molecule has 2 rings (SSSR count). The molecule has 4 nitrogen and oxygen atoms in total. The fraction of sp³-hybridized carbons (Fsp3) is 0.500. The number of aromatic hydroxyl groups is 1. The number of H-pyrrole nitrogens is 1. The average Bonchev–Trinajstić information content (AvgIpc) is 2.41. The molecule has 0 radical (unpaired) electrons. The molecule has 1 aromatic heterocycles. The van der Waals surface area contributed by atoms with Crippen LogP contribution in [-0.2, 0) is 6.42 Å². The third-order valence-electron chi connectivity index (χ3n) is 3.30. The zero-order chi connectivity index (χ0) is 13.4. The molecular formula is C12H13Cl2NO3. The van der Waals surface area contributed by atoms with Crippen LogP contribution in [0.15, 0.2) is 15.7 Å². The maximum Gasteiger partial charge on any atom is 0.290 e. The van der Waals surface area contributed by atoms with Gasteiger partial charge >= 0.3 is 0 Å². The van der Waals surface area contributed by atoms with Gasteiger partial charge in [-0.3, -0.25) is 9.59 Å². The van der Waals surface area contributed by atoms with Gasteiger partial charge in [-0.2, -0.15) is 0 Å². The first-order chi connectivity index (χ1) is 8.45. The standard InChI is InChI=1S/C12H13Cl2NO3/c1-2-5-10-7(3-6(13)11(5)14)15-12(18)9(17)4-8(10)16/h4-6,11,17H,2-3H2,1H3,(H,15,18). The van der Waals surface area contributed by atoms with E-state index in [0.29, 0.717) is 24.1 Å². The second-order valence-corrected chi connectivity index (χ2v) is 5.48. The summed E-state index contributed by atoms with van der Waals surface area (Å²) in [6, 6.07) is 0.943. The largest absolute Gasteiger partial charge is 0.503 e. The molecule has 6 heteroatoms. The highest BCUT2D eigenvalue weighted by molar-refractivity contribution is 6.30. The summed E-state index contributed by atoms with van der Waals surface area (Å²) in [6.07, 6.45) is 0.965. The summed E-state index contributed by atoms with van der Waals surface area (Å²) in [7, 11) is 0. The van der Waals surface area contributed by atoms with Crippen LogP contribution in [0.5, 0.6) is 5.75 Å². The molecule has 2 N–H and O–H groups in total. The van der Waals surface area contributed by atoms with Crippen LogP contribution < -0.4 is 11.0 Å². The van der Waals surface area contributed by atoms with Crippen molar-refractivity contribution < 1.29 is 5.11 Å². The number of hydrogen-bond acceptors (Lipinski definition) is 3. The Morgan fingerprint density at radius 2 is 2.11 bits per heavy atom. The molecule has 0 spiro atoms. The van der Waals surface area contributed by atoms with Crippen molar-refractivity contribution in [2.24, 2.45) is 0 Å². The van der Waals surface area contributed by atoms with Crippen molar-refractivity contribution in [2.75, 3.05) is 0 Å². The van der Waals surface area contributed by atoms with Gasteiger partial charge in [-0.15, -0.1) is 23.2 Å². The fourth-order valence-electron chi connectivity index (χ4n) is 2.40. The van der Waals surface area contributed by atoms with Crippen LogP contribution in [0.1, 0.15) is 30.5 Å². The number of fused-ring (bicyclic) bond motifs is 1. The Balaban J connectivity index is 2.77. The lowest BCUT2D eigenvalue weighted by Gasteiger charge is -2.30. The summed E-state index contributed by atoms with van der Waals surface area (Å²) in [4.78, 5) is 26.1. The van der Waals surface area contributed by atoms with E-state index in [9.17, 15) is 14.7 Å². The van der Waals surface area contributed by atoms with Crippen LogP contribution >= 0.6 is 23.2 Å². The van der Waals surface area contributed by atoms with E-state index in [-0.39, 0.29) is 22.1 Å². The van der Waals surface area contributed by atoms with Gasteiger partial charge in [0.2, 0.25) is 0 Å². The Hall–Kier alpha value is -1.000. The Morgan fingerprint density at radius 1 is 1.44 bits per heavy atom. The summed E-state index contributed by atoms with van der Waals surface area (Å²) < 4.78 is 0. The minimum absolute atomic E-state index is 0.215. The molecular weight excluding hydrogens is 277 g/mol. The zero-order valence-electron chi connectivity index (χ0n) is 9.74. The predicted octanol–water partition coefficient (Wildman–Crippen LogP) is 1.71. The third-order valence-corrected chi connectivity index (χ3v) is 4.46. The zero-order valence-corrected chi connectivity index (χ0v) is 11.3. The van der Waals surface area contributed by atoms with E-state index in [4.69, 9.17) is 23.2 Å².